The molecule has 2 aromatic rings. The van der Waals surface area contributed by atoms with E-state index in [2.05, 4.69) is 75.6 Å². The van der Waals surface area contributed by atoms with Crippen molar-refractivity contribution in [2.24, 2.45) is 0 Å². The molecular formula is C16H22BrN3S. The van der Waals surface area contributed by atoms with E-state index in [0.29, 0.717) is 6.04 Å². The van der Waals surface area contributed by atoms with Crippen LogP contribution in [0.4, 0.5) is 5.69 Å². The van der Waals surface area contributed by atoms with Gasteiger partial charge in [-0.15, -0.1) is 11.3 Å². The zero-order chi connectivity index (χ0) is 15.4. The van der Waals surface area contributed by atoms with Gasteiger partial charge in [0.05, 0.1) is 17.2 Å². The Morgan fingerprint density at radius 1 is 1.38 bits per heavy atom. The summed E-state index contributed by atoms with van der Waals surface area (Å²) >= 11 is 5.28. The summed E-state index contributed by atoms with van der Waals surface area (Å²) in [5.41, 5.74) is 3.67. The highest BCUT2D eigenvalue weighted by Gasteiger charge is 2.10. The first-order valence-electron chi connectivity index (χ1n) is 7.09. The van der Waals surface area contributed by atoms with Crippen molar-refractivity contribution >= 4 is 33.0 Å². The zero-order valence-corrected chi connectivity index (χ0v) is 15.4. The van der Waals surface area contributed by atoms with Gasteiger partial charge >= 0.3 is 0 Å². The van der Waals surface area contributed by atoms with Crippen molar-refractivity contribution in [2.45, 2.75) is 39.9 Å². The molecule has 3 nitrogen and oxygen atoms in total. The summed E-state index contributed by atoms with van der Waals surface area (Å²) in [5, 5.41) is 6.74. The average Bonchev–Trinajstić information content (AvgIpc) is 2.82. The van der Waals surface area contributed by atoms with Crippen LogP contribution < -0.4 is 10.2 Å². The normalized spacial score (nSPS) is 11.1. The fraction of sp³-hybridized carbons (Fsp3) is 0.438. The molecule has 0 bridgehead atoms. The Balaban J connectivity index is 2.17. The number of thiazole rings is 1. The molecule has 5 heteroatoms. The lowest BCUT2D eigenvalue weighted by Gasteiger charge is -2.23. The maximum Gasteiger partial charge on any atom is 0.0898 e. The summed E-state index contributed by atoms with van der Waals surface area (Å²) in [6.45, 7) is 8.09. The van der Waals surface area contributed by atoms with Crippen molar-refractivity contribution in [3.63, 3.8) is 0 Å². The smallest absolute Gasteiger partial charge is 0.0898 e. The molecule has 0 fully saturated rings. The summed E-state index contributed by atoms with van der Waals surface area (Å²) in [5.74, 6) is 0. The molecule has 0 saturated heterocycles. The number of aryl methyl sites for hydroxylation is 1. The second-order valence-corrected chi connectivity index (χ2v) is 7.50. The number of hydrogen-bond donors (Lipinski definition) is 1. The second kappa shape index (κ2) is 7.38. The van der Waals surface area contributed by atoms with Gasteiger partial charge in [0.15, 0.2) is 0 Å². The Morgan fingerprint density at radius 3 is 2.76 bits per heavy atom. The molecular weight excluding hydrogens is 346 g/mol. The van der Waals surface area contributed by atoms with E-state index in [4.69, 9.17) is 0 Å². The molecule has 1 heterocycles. The van der Waals surface area contributed by atoms with Crippen molar-refractivity contribution < 1.29 is 0 Å². The molecule has 1 aromatic heterocycles. The number of hydrogen-bond acceptors (Lipinski definition) is 4. The first-order valence-corrected chi connectivity index (χ1v) is 8.77. The Labute approximate surface area is 139 Å². The Hall–Kier alpha value is -0.910. The maximum absolute atomic E-state index is 4.55. The van der Waals surface area contributed by atoms with E-state index in [0.717, 1.165) is 28.3 Å². The molecule has 0 radical (unpaired) electrons. The van der Waals surface area contributed by atoms with Crippen molar-refractivity contribution in [1.82, 2.24) is 10.3 Å². The quantitative estimate of drug-likeness (QED) is 0.822. The van der Waals surface area contributed by atoms with Crippen LogP contribution in [0.2, 0.25) is 0 Å². The van der Waals surface area contributed by atoms with Gasteiger partial charge in [0.1, 0.15) is 0 Å². The van der Waals surface area contributed by atoms with Crippen LogP contribution >= 0.6 is 27.3 Å². The van der Waals surface area contributed by atoms with Crippen LogP contribution in [-0.4, -0.2) is 18.1 Å². The molecule has 1 N–H and O–H groups in total. The largest absolute Gasteiger partial charge is 0.368 e. The van der Waals surface area contributed by atoms with E-state index < -0.39 is 0 Å². The van der Waals surface area contributed by atoms with E-state index in [1.165, 1.54) is 11.3 Å². The monoisotopic (exact) mass is 367 g/mol. The van der Waals surface area contributed by atoms with Crippen molar-refractivity contribution in [2.75, 3.05) is 11.9 Å². The topological polar surface area (TPSA) is 28.2 Å². The van der Waals surface area contributed by atoms with Gasteiger partial charge in [0, 0.05) is 35.2 Å². The zero-order valence-electron chi connectivity index (χ0n) is 13.0. The van der Waals surface area contributed by atoms with E-state index >= 15 is 0 Å². The number of halogens is 1. The standard InChI is InChI=1S/C16H22BrN3S/c1-11(2)18-8-13-5-6-14(17)7-16(13)20(4)9-15-10-21-12(3)19-15/h5-7,10-11,18H,8-9H2,1-4H3. The first kappa shape index (κ1) is 16.5. The molecule has 0 spiro atoms. The predicted octanol–water partition coefficient (Wildman–Crippen LogP) is 4.35. The highest BCUT2D eigenvalue weighted by atomic mass is 79.9. The molecule has 114 valence electrons. The third kappa shape index (κ3) is 4.80. The summed E-state index contributed by atoms with van der Waals surface area (Å²) in [6, 6.07) is 6.93. The lowest BCUT2D eigenvalue weighted by molar-refractivity contribution is 0.588. The number of aromatic nitrogens is 1. The van der Waals surface area contributed by atoms with E-state index in [9.17, 15) is 0 Å². The van der Waals surface area contributed by atoms with Crippen molar-refractivity contribution in [1.29, 1.82) is 0 Å². The van der Waals surface area contributed by atoms with Gasteiger partial charge in [-0.1, -0.05) is 35.8 Å². The number of nitrogens with zero attached hydrogens (tertiary/aromatic N) is 2. The number of benzene rings is 1. The third-order valence-corrected chi connectivity index (χ3v) is 4.54. The summed E-state index contributed by atoms with van der Waals surface area (Å²) in [4.78, 5) is 6.81. The highest BCUT2D eigenvalue weighted by molar-refractivity contribution is 9.10. The van der Waals surface area contributed by atoms with Gasteiger partial charge in [-0.3, -0.25) is 0 Å². The Morgan fingerprint density at radius 2 is 2.14 bits per heavy atom. The van der Waals surface area contributed by atoms with Crippen LogP contribution in [0, 0.1) is 6.92 Å². The minimum Gasteiger partial charge on any atom is -0.368 e. The number of nitrogens with one attached hydrogen (secondary N) is 1. The lowest BCUT2D eigenvalue weighted by Crippen LogP contribution is -2.24. The van der Waals surface area contributed by atoms with E-state index in [1.807, 2.05) is 6.92 Å². The summed E-state index contributed by atoms with van der Waals surface area (Å²) < 4.78 is 1.10. The molecule has 0 amide bonds. The molecule has 1 aromatic carbocycles. The number of anilines is 1. The number of rotatable bonds is 6. The Kier molecular flexibility index (Phi) is 5.79. The fourth-order valence-corrected chi connectivity index (χ4v) is 3.12. The predicted molar refractivity (Wildman–Crippen MR) is 95.1 cm³/mol. The molecule has 0 aliphatic heterocycles. The van der Waals surface area contributed by atoms with Gasteiger partial charge in [0.25, 0.3) is 0 Å². The van der Waals surface area contributed by atoms with Crippen LogP contribution in [0.3, 0.4) is 0 Å². The highest BCUT2D eigenvalue weighted by Crippen LogP contribution is 2.26. The molecule has 2 rings (SSSR count). The average molecular weight is 368 g/mol. The van der Waals surface area contributed by atoms with Crippen molar-refractivity contribution in [3.8, 4) is 0 Å². The first-order chi connectivity index (χ1) is 9.95. The maximum atomic E-state index is 4.55. The van der Waals surface area contributed by atoms with E-state index in [1.54, 1.807) is 11.3 Å². The van der Waals surface area contributed by atoms with Gasteiger partial charge in [-0.2, -0.15) is 0 Å². The second-order valence-electron chi connectivity index (χ2n) is 5.52. The molecule has 0 unspecified atom stereocenters. The molecule has 0 aliphatic carbocycles. The molecule has 0 saturated carbocycles. The minimum absolute atomic E-state index is 0.480. The summed E-state index contributed by atoms with van der Waals surface area (Å²) in [7, 11) is 2.12. The van der Waals surface area contributed by atoms with Crippen LogP contribution in [0.5, 0.6) is 0 Å². The van der Waals surface area contributed by atoms with Crippen LogP contribution in [0.25, 0.3) is 0 Å². The van der Waals surface area contributed by atoms with Gasteiger partial charge < -0.3 is 10.2 Å². The molecule has 21 heavy (non-hydrogen) atoms. The van der Waals surface area contributed by atoms with Crippen molar-refractivity contribution in [3.05, 3.63) is 44.3 Å². The van der Waals surface area contributed by atoms with Gasteiger partial charge in [0.2, 0.25) is 0 Å². The van der Waals surface area contributed by atoms with E-state index in [-0.39, 0.29) is 0 Å². The van der Waals surface area contributed by atoms with Gasteiger partial charge in [-0.25, -0.2) is 4.98 Å². The third-order valence-electron chi connectivity index (χ3n) is 3.23. The van der Waals surface area contributed by atoms with Gasteiger partial charge in [-0.05, 0) is 24.6 Å². The Bertz CT molecular complexity index is 595. The van der Waals surface area contributed by atoms with Crippen LogP contribution in [0.1, 0.15) is 30.1 Å². The molecule has 0 atom stereocenters. The summed E-state index contributed by atoms with van der Waals surface area (Å²) in [6.07, 6.45) is 0. The SMILES string of the molecule is Cc1nc(CN(C)c2cc(Br)ccc2CNC(C)C)cs1. The molecule has 0 aliphatic rings. The lowest BCUT2D eigenvalue weighted by atomic mass is 10.1. The van der Waals surface area contributed by atoms with Crippen LogP contribution in [0.15, 0.2) is 28.1 Å². The minimum atomic E-state index is 0.480. The van der Waals surface area contributed by atoms with Crippen LogP contribution in [-0.2, 0) is 13.1 Å². The fourth-order valence-electron chi connectivity index (χ4n) is 2.16.